The van der Waals surface area contributed by atoms with E-state index in [9.17, 15) is 19.2 Å². The van der Waals surface area contributed by atoms with Crippen LogP contribution >= 0.6 is 39.1 Å². The molecule has 3 aromatic carbocycles. The first-order valence-corrected chi connectivity index (χ1v) is 12.4. The van der Waals surface area contributed by atoms with Gasteiger partial charge in [-0.15, -0.1) is 0 Å². The molecule has 7 nitrogen and oxygen atoms in total. The number of Topliss-reactive ketones (excluding diaryl/α,β-unsaturated/α-hetero) is 1. The van der Waals surface area contributed by atoms with Crippen LogP contribution in [0.15, 0.2) is 71.2 Å². The number of nitrogens with one attached hydrogen (secondary N) is 1. The highest BCUT2D eigenvalue weighted by Crippen LogP contribution is 2.36. The van der Waals surface area contributed by atoms with Crippen LogP contribution in [0.5, 0.6) is 0 Å². The van der Waals surface area contributed by atoms with E-state index in [0.29, 0.717) is 22.0 Å². The largest absolute Gasteiger partial charge is 0.454 e. The van der Waals surface area contributed by atoms with Gasteiger partial charge in [0.1, 0.15) is 0 Å². The van der Waals surface area contributed by atoms with Crippen LogP contribution in [0.25, 0.3) is 0 Å². The number of carbonyl (C=O) groups is 4. The SMILES string of the molecule is O=C(COC(=O)c1ccc(NC(=O)[C@@H]2CC(=O)N(c3cccc(Cl)c3Cl)C2)cc1)c1ccc(Br)cc1. The van der Waals surface area contributed by atoms with Crippen LogP contribution in [0, 0.1) is 5.92 Å². The average molecular weight is 590 g/mol. The Morgan fingerprint density at radius 3 is 2.33 bits per heavy atom. The van der Waals surface area contributed by atoms with Crippen molar-refractivity contribution in [1.29, 1.82) is 0 Å². The number of esters is 1. The molecule has 1 saturated heterocycles. The minimum Gasteiger partial charge on any atom is -0.454 e. The van der Waals surface area contributed by atoms with E-state index in [1.807, 2.05) is 0 Å². The number of hydrogen-bond acceptors (Lipinski definition) is 5. The second kappa shape index (κ2) is 11.2. The topological polar surface area (TPSA) is 92.8 Å². The molecule has 1 N–H and O–H groups in total. The van der Waals surface area contributed by atoms with Crippen LogP contribution in [-0.4, -0.2) is 36.7 Å². The number of amides is 2. The molecule has 1 fully saturated rings. The molecule has 0 radical (unpaired) electrons. The van der Waals surface area contributed by atoms with E-state index in [1.54, 1.807) is 54.6 Å². The molecule has 0 bridgehead atoms. The maximum Gasteiger partial charge on any atom is 0.338 e. The zero-order valence-corrected chi connectivity index (χ0v) is 21.8. The minimum absolute atomic E-state index is 0.0332. The summed E-state index contributed by atoms with van der Waals surface area (Å²) in [5.74, 6) is -2.12. The van der Waals surface area contributed by atoms with Crippen LogP contribution in [0.3, 0.4) is 0 Å². The van der Waals surface area contributed by atoms with Gasteiger partial charge in [0.2, 0.25) is 11.8 Å². The highest BCUT2D eigenvalue weighted by Gasteiger charge is 2.36. The van der Waals surface area contributed by atoms with Crippen LogP contribution in [-0.2, 0) is 14.3 Å². The van der Waals surface area contributed by atoms with Gasteiger partial charge in [-0.25, -0.2) is 4.79 Å². The van der Waals surface area contributed by atoms with Gasteiger partial charge in [-0.2, -0.15) is 0 Å². The zero-order valence-electron chi connectivity index (χ0n) is 18.7. The minimum atomic E-state index is -0.659. The first-order valence-electron chi connectivity index (χ1n) is 10.8. The Labute approximate surface area is 225 Å². The summed E-state index contributed by atoms with van der Waals surface area (Å²) in [6.07, 6.45) is 0.0332. The molecule has 0 unspecified atom stereocenters. The van der Waals surface area contributed by atoms with Crippen molar-refractivity contribution < 1.29 is 23.9 Å². The van der Waals surface area contributed by atoms with Gasteiger partial charge in [0, 0.05) is 28.7 Å². The molecule has 10 heteroatoms. The lowest BCUT2D eigenvalue weighted by molar-refractivity contribution is -0.122. The Kier molecular flexibility index (Phi) is 8.08. The number of ether oxygens (including phenoxy) is 1. The lowest BCUT2D eigenvalue weighted by Gasteiger charge is -2.18. The van der Waals surface area contributed by atoms with E-state index in [2.05, 4.69) is 21.2 Å². The number of nitrogens with zero attached hydrogens (tertiary/aromatic N) is 1. The van der Waals surface area contributed by atoms with E-state index >= 15 is 0 Å². The number of ketones is 1. The monoisotopic (exact) mass is 588 g/mol. The quantitative estimate of drug-likeness (QED) is 0.278. The molecule has 0 spiro atoms. The lowest BCUT2D eigenvalue weighted by atomic mass is 10.1. The van der Waals surface area contributed by atoms with Crippen molar-refractivity contribution >= 4 is 74.1 Å². The van der Waals surface area contributed by atoms with E-state index < -0.39 is 11.9 Å². The van der Waals surface area contributed by atoms with Crippen LogP contribution in [0.2, 0.25) is 10.0 Å². The van der Waals surface area contributed by atoms with E-state index in [4.69, 9.17) is 27.9 Å². The summed E-state index contributed by atoms with van der Waals surface area (Å²) < 4.78 is 5.95. The third-order valence-corrected chi connectivity index (χ3v) is 6.94. The van der Waals surface area contributed by atoms with Gasteiger partial charge >= 0.3 is 5.97 Å². The third kappa shape index (κ3) is 5.95. The highest BCUT2D eigenvalue weighted by atomic mass is 79.9. The Morgan fingerprint density at radius 2 is 1.64 bits per heavy atom. The molecule has 3 aromatic rings. The lowest BCUT2D eigenvalue weighted by Crippen LogP contribution is -2.28. The van der Waals surface area contributed by atoms with Crippen molar-refractivity contribution in [3.05, 3.63) is 92.4 Å². The molecule has 4 rings (SSSR count). The molecule has 184 valence electrons. The number of hydrogen-bond donors (Lipinski definition) is 1. The molecule has 1 heterocycles. The number of halogens is 3. The van der Waals surface area contributed by atoms with Gasteiger partial charge in [-0.1, -0.05) is 57.3 Å². The maximum atomic E-state index is 12.8. The Hall–Kier alpha value is -3.20. The Morgan fingerprint density at radius 1 is 0.972 bits per heavy atom. The Bertz CT molecular complexity index is 1330. The maximum absolute atomic E-state index is 12.8. The van der Waals surface area contributed by atoms with Crippen molar-refractivity contribution in [3.63, 3.8) is 0 Å². The van der Waals surface area contributed by atoms with E-state index in [-0.39, 0.29) is 47.8 Å². The van der Waals surface area contributed by atoms with Crippen molar-refractivity contribution in [3.8, 4) is 0 Å². The van der Waals surface area contributed by atoms with Gasteiger partial charge in [0.25, 0.3) is 0 Å². The summed E-state index contributed by atoms with van der Waals surface area (Å²) in [5.41, 5.74) is 1.58. The molecule has 1 aliphatic heterocycles. The fourth-order valence-electron chi connectivity index (χ4n) is 3.68. The van der Waals surface area contributed by atoms with Gasteiger partial charge in [-0.3, -0.25) is 14.4 Å². The summed E-state index contributed by atoms with van der Waals surface area (Å²) in [6, 6.07) is 17.8. The molecule has 2 amide bonds. The number of rotatable bonds is 7. The summed E-state index contributed by atoms with van der Waals surface area (Å²) in [7, 11) is 0. The van der Waals surface area contributed by atoms with Crippen molar-refractivity contribution in [2.45, 2.75) is 6.42 Å². The van der Waals surface area contributed by atoms with Gasteiger partial charge in [-0.05, 0) is 48.5 Å². The molecule has 36 heavy (non-hydrogen) atoms. The number of benzene rings is 3. The zero-order chi connectivity index (χ0) is 25.8. The second-order valence-electron chi connectivity index (χ2n) is 8.05. The summed E-state index contributed by atoms with van der Waals surface area (Å²) in [5, 5.41) is 3.34. The first-order chi connectivity index (χ1) is 17.2. The van der Waals surface area contributed by atoms with Crippen molar-refractivity contribution in [1.82, 2.24) is 0 Å². The van der Waals surface area contributed by atoms with Gasteiger partial charge in [0.15, 0.2) is 12.4 Å². The van der Waals surface area contributed by atoms with E-state index in [1.165, 1.54) is 17.0 Å². The van der Waals surface area contributed by atoms with Gasteiger partial charge in [0.05, 0.1) is 27.2 Å². The predicted molar refractivity (Wildman–Crippen MR) is 141 cm³/mol. The van der Waals surface area contributed by atoms with Crippen LogP contribution < -0.4 is 10.2 Å². The number of anilines is 2. The second-order valence-corrected chi connectivity index (χ2v) is 9.75. The van der Waals surface area contributed by atoms with Crippen LogP contribution in [0.4, 0.5) is 11.4 Å². The first kappa shape index (κ1) is 25.9. The van der Waals surface area contributed by atoms with Gasteiger partial charge < -0.3 is 15.0 Å². The Balaban J connectivity index is 1.32. The third-order valence-electron chi connectivity index (χ3n) is 5.61. The molecule has 1 atom stereocenters. The molecular formula is C26H19BrCl2N2O5. The van der Waals surface area contributed by atoms with E-state index in [0.717, 1.165) is 4.47 Å². The molecule has 0 saturated carbocycles. The highest BCUT2D eigenvalue weighted by molar-refractivity contribution is 9.10. The smallest absolute Gasteiger partial charge is 0.338 e. The molecular weight excluding hydrogens is 571 g/mol. The average Bonchev–Trinajstić information content (AvgIpc) is 3.26. The summed E-state index contributed by atoms with van der Waals surface area (Å²) in [4.78, 5) is 51.2. The fourth-order valence-corrected chi connectivity index (χ4v) is 4.35. The van der Waals surface area contributed by atoms with Crippen LogP contribution in [0.1, 0.15) is 27.1 Å². The molecule has 1 aliphatic rings. The fraction of sp³-hybridized carbons (Fsp3) is 0.154. The summed E-state index contributed by atoms with van der Waals surface area (Å²) >= 11 is 15.6. The normalized spacial score (nSPS) is 15.0. The number of carbonyl (C=O) groups excluding carboxylic acids is 4. The predicted octanol–water partition coefficient (Wildman–Crippen LogP) is 5.79. The van der Waals surface area contributed by atoms with Crippen molar-refractivity contribution in [2.75, 3.05) is 23.4 Å². The molecule has 0 aromatic heterocycles. The van der Waals surface area contributed by atoms with Crippen molar-refractivity contribution in [2.24, 2.45) is 5.92 Å². The molecule has 0 aliphatic carbocycles. The summed E-state index contributed by atoms with van der Waals surface area (Å²) in [6.45, 7) is -0.219. The standard InChI is InChI=1S/C26H19BrCl2N2O5/c27-18-8-4-15(5-9-18)22(32)14-36-26(35)16-6-10-19(11-7-16)30-25(34)17-12-23(33)31(13-17)21-3-1-2-20(28)24(21)29/h1-11,17H,12-14H2,(H,30,34)/t17-/m1/s1.